The van der Waals surface area contributed by atoms with Gasteiger partial charge in [-0.15, -0.1) is 0 Å². The number of benzene rings is 1. The number of nitrogens with one attached hydrogen (secondary N) is 2. The van der Waals surface area contributed by atoms with E-state index in [4.69, 9.17) is 4.42 Å². The molecule has 0 fully saturated rings. The second-order valence-corrected chi connectivity index (χ2v) is 6.80. The highest BCUT2D eigenvalue weighted by Gasteiger charge is 2.21. The van der Waals surface area contributed by atoms with Crippen molar-refractivity contribution in [2.45, 2.75) is 32.2 Å². The highest BCUT2D eigenvalue weighted by Crippen LogP contribution is 2.24. The Balaban J connectivity index is 2.33. The molecular formula is C15H20N2O3S. The summed E-state index contributed by atoms with van der Waals surface area (Å²) in [7, 11) is -1.87. The summed E-state index contributed by atoms with van der Waals surface area (Å²) < 4.78 is 33.0. The van der Waals surface area contributed by atoms with Gasteiger partial charge in [-0.1, -0.05) is 6.07 Å². The average Bonchev–Trinajstić information content (AvgIpc) is 2.69. The zero-order valence-corrected chi connectivity index (χ0v) is 13.5. The molecule has 0 spiro atoms. The molecule has 0 aliphatic heterocycles. The number of aryl methyl sites for hydroxylation is 3. The molecule has 0 bridgehead atoms. The van der Waals surface area contributed by atoms with Crippen molar-refractivity contribution in [3.63, 3.8) is 0 Å². The van der Waals surface area contributed by atoms with Crippen LogP contribution in [-0.2, 0) is 16.6 Å². The van der Waals surface area contributed by atoms with E-state index in [1.54, 1.807) is 32.2 Å². The van der Waals surface area contributed by atoms with Crippen molar-refractivity contribution in [1.29, 1.82) is 0 Å². The van der Waals surface area contributed by atoms with Gasteiger partial charge in [0.1, 0.15) is 16.4 Å². The molecule has 0 aliphatic carbocycles. The SMILES string of the molecule is CNCc1cc(S(=O)(=O)Nc2cc(C)cc(C)c2)c(C)o1. The molecule has 5 nitrogen and oxygen atoms in total. The van der Waals surface area contributed by atoms with Crippen LogP contribution in [0, 0.1) is 20.8 Å². The first kappa shape index (κ1) is 15.6. The highest BCUT2D eigenvalue weighted by molar-refractivity contribution is 7.92. The molecule has 21 heavy (non-hydrogen) atoms. The predicted octanol–water partition coefficient (Wildman–Crippen LogP) is 2.73. The molecule has 6 heteroatoms. The summed E-state index contributed by atoms with van der Waals surface area (Å²) >= 11 is 0. The fraction of sp³-hybridized carbons (Fsp3) is 0.333. The summed E-state index contributed by atoms with van der Waals surface area (Å²) in [5.74, 6) is 0.980. The topological polar surface area (TPSA) is 71.3 Å². The van der Waals surface area contributed by atoms with E-state index in [0.29, 0.717) is 23.8 Å². The van der Waals surface area contributed by atoms with Gasteiger partial charge in [-0.05, 0) is 51.1 Å². The molecule has 114 valence electrons. The summed E-state index contributed by atoms with van der Waals surface area (Å²) in [4.78, 5) is 0.173. The summed E-state index contributed by atoms with van der Waals surface area (Å²) in [5.41, 5.74) is 2.57. The standard InChI is InChI=1S/C15H20N2O3S/c1-10-5-11(2)7-13(6-10)17-21(18,19)15-8-14(9-16-4)20-12(15)3/h5-8,16-17H,9H2,1-4H3. The van der Waals surface area contributed by atoms with Gasteiger partial charge in [0, 0.05) is 11.8 Å². The fourth-order valence-electron chi connectivity index (χ4n) is 2.30. The Morgan fingerprint density at radius 3 is 2.24 bits per heavy atom. The maximum atomic E-state index is 12.5. The van der Waals surface area contributed by atoms with E-state index in [2.05, 4.69) is 10.0 Å². The van der Waals surface area contributed by atoms with Crippen LogP contribution in [0.25, 0.3) is 0 Å². The van der Waals surface area contributed by atoms with Gasteiger partial charge in [0.25, 0.3) is 10.0 Å². The highest BCUT2D eigenvalue weighted by atomic mass is 32.2. The minimum Gasteiger partial charge on any atom is -0.464 e. The van der Waals surface area contributed by atoms with Gasteiger partial charge in [0.15, 0.2) is 0 Å². The van der Waals surface area contributed by atoms with Gasteiger partial charge in [-0.3, -0.25) is 4.72 Å². The van der Waals surface area contributed by atoms with Crippen LogP contribution in [0.2, 0.25) is 0 Å². The van der Waals surface area contributed by atoms with E-state index < -0.39 is 10.0 Å². The zero-order chi connectivity index (χ0) is 15.6. The second kappa shape index (κ2) is 5.91. The normalized spacial score (nSPS) is 11.6. The average molecular weight is 308 g/mol. The minimum absolute atomic E-state index is 0.173. The minimum atomic E-state index is -3.65. The Hall–Kier alpha value is -1.79. The lowest BCUT2D eigenvalue weighted by Gasteiger charge is -2.09. The van der Waals surface area contributed by atoms with E-state index in [-0.39, 0.29) is 4.90 Å². The monoisotopic (exact) mass is 308 g/mol. The molecule has 2 rings (SSSR count). The van der Waals surface area contributed by atoms with Crippen LogP contribution in [-0.4, -0.2) is 15.5 Å². The first-order valence-electron chi connectivity index (χ1n) is 6.67. The Kier molecular flexibility index (Phi) is 4.39. The molecule has 0 unspecified atom stereocenters. The third-order valence-corrected chi connectivity index (χ3v) is 4.53. The van der Waals surface area contributed by atoms with E-state index in [9.17, 15) is 8.42 Å². The molecule has 0 amide bonds. The number of hydrogen-bond donors (Lipinski definition) is 2. The number of furan rings is 1. The van der Waals surface area contributed by atoms with Gasteiger partial charge >= 0.3 is 0 Å². The first-order valence-corrected chi connectivity index (χ1v) is 8.15. The largest absolute Gasteiger partial charge is 0.464 e. The third kappa shape index (κ3) is 3.65. The van der Waals surface area contributed by atoms with Crippen molar-refractivity contribution >= 4 is 15.7 Å². The number of hydrogen-bond acceptors (Lipinski definition) is 4. The Labute approximate surface area is 125 Å². The van der Waals surface area contributed by atoms with Crippen LogP contribution >= 0.6 is 0 Å². The van der Waals surface area contributed by atoms with Crippen molar-refractivity contribution in [3.8, 4) is 0 Å². The van der Waals surface area contributed by atoms with Gasteiger partial charge in [0.05, 0.1) is 6.54 Å². The summed E-state index contributed by atoms with van der Waals surface area (Å²) in [6.07, 6.45) is 0. The van der Waals surface area contributed by atoms with Gasteiger partial charge in [-0.25, -0.2) is 8.42 Å². The van der Waals surface area contributed by atoms with E-state index in [0.717, 1.165) is 11.1 Å². The molecule has 1 aromatic carbocycles. The second-order valence-electron chi connectivity index (χ2n) is 5.15. The van der Waals surface area contributed by atoms with Crippen LogP contribution in [0.15, 0.2) is 33.6 Å². The third-order valence-electron chi connectivity index (χ3n) is 3.04. The molecule has 1 heterocycles. The summed E-state index contributed by atoms with van der Waals surface area (Å²) in [5, 5.41) is 2.93. The number of anilines is 1. The van der Waals surface area contributed by atoms with Crippen molar-refractivity contribution in [2.24, 2.45) is 0 Å². The maximum Gasteiger partial charge on any atom is 0.265 e. The van der Waals surface area contributed by atoms with E-state index >= 15 is 0 Å². The molecule has 0 saturated heterocycles. The molecule has 2 N–H and O–H groups in total. The van der Waals surface area contributed by atoms with Crippen LogP contribution in [0.4, 0.5) is 5.69 Å². The Morgan fingerprint density at radius 2 is 1.67 bits per heavy atom. The molecule has 0 atom stereocenters. The van der Waals surface area contributed by atoms with E-state index in [1.807, 2.05) is 19.9 Å². The summed E-state index contributed by atoms with van der Waals surface area (Å²) in [6.45, 7) is 5.99. The van der Waals surface area contributed by atoms with E-state index in [1.165, 1.54) is 0 Å². The number of rotatable bonds is 5. The maximum absolute atomic E-state index is 12.5. The Bertz CT molecular complexity index is 728. The van der Waals surface area contributed by atoms with Gasteiger partial charge in [-0.2, -0.15) is 0 Å². The van der Waals surface area contributed by atoms with Crippen LogP contribution in [0.1, 0.15) is 22.6 Å². The predicted molar refractivity (Wildman–Crippen MR) is 82.9 cm³/mol. The number of sulfonamides is 1. The molecule has 2 aromatic rings. The Morgan fingerprint density at radius 1 is 1.05 bits per heavy atom. The van der Waals surface area contributed by atoms with Crippen molar-refractivity contribution in [3.05, 3.63) is 46.9 Å². The van der Waals surface area contributed by atoms with Crippen molar-refractivity contribution in [1.82, 2.24) is 5.32 Å². The molecule has 1 aromatic heterocycles. The van der Waals surface area contributed by atoms with Crippen molar-refractivity contribution in [2.75, 3.05) is 11.8 Å². The van der Waals surface area contributed by atoms with Gasteiger partial charge < -0.3 is 9.73 Å². The molecular weight excluding hydrogens is 288 g/mol. The van der Waals surface area contributed by atoms with Crippen LogP contribution < -0.4 is 10.0 Å². The molecule has 0 aliphatic rings. The van der Waals surface area contributed by atoms with Crippen LogP contribution in [0.5, 0.6) is 0 Å². The lowest BCUT2D eigenvalue weighted by molar-refractivity contribution is 0.466. The lowest BCUT2D eigenvalue weighted by atomic mass is 10.1. The van der Waals surface area contributed by atoms with Gasteiger partial charge in [0.2, 0.25) is 0 Å². The quantitative estimate of drug-likeness (QED) is 0.891. The van der Waals surface area contributed by atoms with Crippen LogP contribution in [0.3, 0.4) is 0 Å². The summed E-state index contributed by atoms with van der Waals surface area (Å²) in [6, 6.07) is 7.14. The lowest BCUT2D eigenvalue weighted by Crippen LogP contribution is -2.13. The first-order chi connectivity index (χ1) is 9.81. The molecule has 0 radical (unpaired) electrons. The smallest absolute Gasteiger partial charge is 0.265 e. The fourth-order valence-corrected chi connectivity index (χ4v) is 3.54. The van der Waals surface area contributed by atoms with Crippen molar-refractivity contribution < 1.29 is 12.8 Å². The zero-order valence-electron chi connectivity index (χ0n) is 12.6. The molecule has 0 saturated carbocycles.